The fourth-order valence-electron chi connectivity index (χ4n) is 9.95. The van der Waals surface area contributed by atoms with E-state index in [1.165, 1.54) is 51.3 Å². The minimum absolute atomic E-state index is 0.0524. The summed E-state index contributed by atoms with van der Waals surface area (Å²) in [6, 6.07) is 37.5. The standard InChI is InChI=1S/C47H26O6S2/c48-45-41-29-9-5-24(38-4-2-14-51-38)17-34(29)44(54-45)31-11-7-25(15-32(31)41)39-19-27(21-52-39)28-20-40(53-22-28)26-8-12-36-35(18-26)42-30-10-6-23(37-3-1-13-50-37)16-33(30)43-46(49)55-47(36,42)43/h1-22,41-44H. The lowest BCUT2D eigenvalue weighted by atomic mass is 9.64. The van der Waals surface area contributed by atoms with Crippen LogP contribution in [-0.4, -0.2) is 10.2 Å². The molecule has 262 valence electrons. The van der Waals surface area contributed by atoms with Crippen LogP contribution in [-0.2, 0) is 14.3 Å². The zero-order valence-electron chi connectivity index (χ0n) is 28.8. The number of furan rings is 4. The first-order valence-electron chi connectivity index (χ1n) is 18.3. The molecule has 3 aliphatic heterocycles. The molecular weight excluding hydrogens is 725 g/mol. The van der Waals surface area contributed by atoms with E-state index in [9.17, 15) is 9.59 Å². The predicted octanol–water partition coefficient (Wildman–Crippen LogP) is 11.9. The maximum atomic E-state index is 13.4. The second-order valence-electron chi connectivity index (χ2n) is 15.0. The third-order valence-electron chi connectivity index (χ3n) is 12.4. The molecule has 1 fully saturated rings. The van der Waals surface area contributed by atoms with E-state index in [-0.39, 0.29) is 38.0 Å². The highest BCUT2D eigenvalue weighted by Crippen LogP contribution is 2.78. The Balaban J connectivity index is 0.796. The minimum Gasteiger partial charge on any atom is -0.464 e. The van der Waals surface area contributed by atoms with Crippen molar-refractivity contribution in [2.24, 2.45) is 0 Å². The summed E-state index contributed by atoms with van der Waals surface area (Å²) in [6.07, 6.45) is 6.91. The van der Waals surface area contributed by atoms with Crippen molar-refractivity contribution in [1.29, 1.82) is 0 Å². The van der Waals surface area contributed by atoms with E-state index in [4.69, 9.17) is 17.7 Å². The van der Waals surface area contributed by atoms with Gasteiger partial charge in [0.25, 0.3) is 0 Å². The molecule has 55 heavy (non-hydrogen) atoms. The summed E-state index contributed by atoms with van der Waals surface area (Å²) in [5.41, 5.74) is 15.1. The molecule has 6 aliphatic rings. The summed E-state index contributed by atoms with van der Waals surface area (Å²) >= 11 is 2.91. The summed E-state index contributed by atoms with van der Waals surface area (Å²) in [5, 5.41) is 0.371. The molecule has 5 unspecified atom stereocenters. The van der Waals surface area contributed by atoms with Gasteiger partial charge in [-0.05, 0) is 105 Å². The fraction of sp³-hybridized carbons (Fsp3) is 0.106. The first-order valence-corrected chi connectivity index (χ1v) is 20.0. The molecule has 8 heteroatoms. The van der Waals surface area contributed by atoms with Crippen LogP contribution in [0, 0.1) is 0 Å². The highest BCUT2D eigenvalue weighted by Gasteiger charge is 2.72. The normalized spacial score (nSPS) is 23.3. The van der Waals surface area contributed by atoms with E-state index in [0.717, 1.165) is 73.1 Å². The van der Waals surface area contributed by atoms with Crippen molar-refractivity contribution in [3.63, 3.8) is 0 Å². The number of carbonyl (C=O) groups is 2. The molecule has 14 rings (SSSR count). The van der Waals surface area contributed by atoms with Crippen molar-refractivity contribution in [1.82, 2.24) is 0 Å². The number of thioether (sulfide) groups is 2. The summed E-state index contributed by atoms with van der Waals surface area (Å²) < 4.78 is 23.5. The topological polar surface area (TPSA) is 86.7 Å². The van der Waals surface area contributed by atoms with Crippen LogP contribution < -0.4 is 0 Å². The molecule has 7 heterocycles. The Morgan fingerprint density at radius 3 is 1.69 bits per heavy atom. The largest absolute Gasteiger partial charge is 0.464 e. The molecule has 2 bridgehead atoms. The molecule has 5 atom stereocenters. The molecule has 1 spiro atoms. The minimum atomic E-state index is -0.319. The van der Waals surface area contributed by atoms with Gasteiger partial charge in [-0.25, -0.2) is 0 Å². The van der Waals surface area contributed by atoms with Crippen molar-refractivity contribution in [2.75, 3.05) is 0 Å². The van der Waals surface area contributed by atoms with E-state index in [1.807, 2.05) is 36.4 Å². The van der Waals surface area contributed by atoms with Gasteiger partial charge in [-0.3, -0.25) is 9.59 Å². The Hall–Kier alpha value is -5.96. The van der Waals surface area contributed by atoms with Crippen LogP contribution in [0.3, 0.4) is 0 Å². The summed E-state index contributed by atoms with van der Waals surface area (Å²) in [6.45, 7) is 0. The molecule has 0 N–H and O–H groups in total. The lowest BCUT2D eigenvalue weighted by Crippen LogP contribution is -2.51. The smallest absolute Gasteiger partial charge is 0.201 e. The van der Waals surface area contributed by atoms with E-state index in [2.05, 4.69) is 72.8 Å². The van der Waals surface area contributed by atoms with Gasteiger partial charge in [0.15, 0.2) is 5.12 Å². The van der Waals surface area contributed by atoms with Gasteiger partial charge in [0, 0.05) is 39.3 Å². The van der Waals surface area contributed by atoms with Gasteiger partial charge in [-0.1, -0.05) is 72.1 Å². The number of hydrogen-bond acceptors (Lipinski definition) is 8. The molecule has 0 amide bonds. The Morgan fingerprint density at radius 1 is 0.455 bits per heavy atom. The maximum Gasteiger partial charge on any atom is 0.201 e. The average Bonchev–Trinajstić information content (AvgIpc) is 4.05. The molecule has 3 aliphatic carbocycles. The second kappa shape index (κ2) is 10.6. The van der Waals surface area contributed by atoms with Gasteiger partial charge in [-0.15, -0.1) is 0 Å². The highest BCUT2D eigenvalue weighted by molar-refractivity contribution is 8.17. The number of fused-ring (bicyclic) bond motifs is 6. The number of hydrogen-bond donors (Lipinski definition) is 0. The third-order valence-corrected chi connectivity index (χ3v) is 15.1. The Morgan fingerprint density at radius 2 is 1.04 bits per heavy atom. The monoisotopic (exact) mass is 750 g/mol. The summed E-state index contributed by atoms with van der Waals surface area (Å²) in [4.78, 5) is 26.5. The molecule has 0 saturated carbocycles. The first kappa shape index (κ1) is 30.4. The van der Waals surface area contributed by atoms with Crippen LogP contribution in [0.5, 0.6) is 0 Å². The molecule has 4 aromatic heterocycles. The molecule has 0 radical (unpaired) electrons. The highest BCUT2D eigenvalue weighted by atomic mass is 32.2. The Bertz CT molecular complexity index is 2970. The van der Waals surface area contributed by atoms with E-state index >= 15 is 0 Å². The third kappa shape index (κ3) is 3.93. The SMILES string of the molecule is O=C1SC2c3cc(-c4ccco4)ccc3C1c1cc(-c3cc(-c4coc(-c5ccc6c(c5)C5c7ccc(-c8ccco8)cc7C7C(=O)SC675)c4)co3)ccc12. The first-order chi connectivity index (χ1) is 27.0. The lowest BCUT2D eigenvalue weighted by molar-refractivity contribution is -0.115. The van der Waals surface area contributed by atoms with Crippen molar-refractivity contribution in [2.45, 2.75) is 27.8 Å². The number of benzene rings is 4. The van der Waals surface area contributed by atoms with E-state index in [0.29, 0.717) is 0 Å². The van der Waals surface area contributed by atoms with Gasteiger partial charge in [-0.2, -0.15) is 0 Å². The maximum absolute atomic E-state index is 13.4. The zero-order chi connectivity index (χ0) is 36.2. The predicted molar refractivity (Wildman–Crippen MR) is 211 cm³/mol. The fourth-order valence-corrected chi connectivity index (χ4v) is 12.8. The van der Waals surface area contributed by atoms with Gasteiger partial charge >= 0.3 is 0 Å². The van der Waals surface area contributed by atoms with E-state index < -0.39 is 0 Å². The van der Waals surface area contributed by atoms with Crippen LogP contribution >= 0.6 is 23.5 Å². The Kier molecular flexibility index (Phi) is 5.87. The quantitative estimate of drug-likeness (QED) is 0.172. The van der Waals surface area contributed by atoms with E-state index in [1.54, 1.807) is 25.1 Å². The summed E-state index contributed by atoms with van der Waals surface area (Å²) in [5.74, 6) is 2.86. The number of carbonyl (C=O) groups excluding carboxylic acids is 2. The second-order valence-corrected chi connectivity index (χ2v) is 17.4. The van der Waals surface area contributed by atoms with Crippen LogP contribution in [0.4, 0.5) is 0 Å². The van der Waals surface area contributed by atoms with Crippen molar-refractivity contribution in [3.05, 3.63) is 179 Å². The molecule has 8 aromatic rings. The molecule has 4 aromatic carbocycles. The van der Waals surface area contributed by atoms with Crippen LogP contribution in [0.1, 0.15) is 67.5 Å². The van der Waals surface area contributed by atoms with Crippen LogP contribution in [0.2, 0.25) is 0 Å². The van der Waals surface area contributed by atoms with Gasteiger partial charge in [0.2, 0.25) is 5.12 Å². The molecule has 1 saturated heterocycles. The van der Waals surface area contributed by atoms with Gasteiger partial charge < -0.3 is 17.7 Å². The van der Waals surface area contributed by atoms with Crippen molar-refractivity contribution in [3.8, 4) is 56.4 Å². The number of rotatable bonds is 5. The Labute approximate surface area is 322 Å². The van der Waals surface area contributed by atoms with Crippen molar-refractivity contribution < 1.29 is 27.3 Å². The average molecular weight is 751 g/mol. The summed E-state index contributed by atoms with van der Waals surface area (Å²) in [7, 11) is 0. The molecular formula is C47H26O6S2. The van der Waals surface area contributed by atoms with Crippen molar-refractivity contribution >= 4 is 33.8 Å². The van der Waals surface area contributed by atoms with Crippen LogP contribution in [0.25, 0.3) is 56.4 Å². The lowest BCUT2D eigenvalue weighted by Gasteiger charge is -2.55. The molecule has 6 nitrogen and oxygen atoms in total. The van der Waals surface area contributed by atoms with Gasteiger partial charge in [0.05, 0.1) is 46.9 Å². The zero-order valence-corrected chi connectivity index (χ0v) is 30.4. The van der Waals surface area contributed by atoms with Gasteiger partial charge in [0.1, 0.15) is 23.0 Å². The van der Waals surface area contributed by atoms with Crippen LogP contribution in [0.15, 0.2) is 152 Å².